The SMILES string of the molecule is CC(=O)C1=C(C)OC(N)=C(C(N)=O)C1c1ccc(O)cc1. The minimum atomic E-state index is -0.753. The number of hydrogen-bond donors (Lipinski definition) is 3. The molecule has 0 aliphatic carbocycles. The molecule has 0 radical (unpaired) electrons. The smallest absolute Gasteiger partial charge is 0.250 e. The zero-order chi connectivity index (χ0) is 15.7. The van der Waals surface area contributed by atoms with Crippen molar-refractivity contribution in [2.24, 2.45) is 11.5 Å². The van der Waals surface area contributed by atoms with E-state index < -0.39 is 11.8 Å². The molecule has 1 aliphatic rings. The van der Waals surface area contributed by atoms with Crippen LogP contribution < -0.4 is 11.5 Å². The van der Waals surface area contributed by atoms with Gasteiger partial charge in [-0.1, -0.05) is 12.1 Å². The van der Waals surface area contributed by atoms with Crippen LogP contribution in [0.25, 0.3) is 0 Å². The second-order valence-electron chi connectivity index (χ2n) is 4.79. The van der Waals surface area contributed by atoms with Crippen molar-refractivity contribution in [1.29, 1.82) is 0 Å². The molecule has 0 saturated carbocycles. The number of amides is 1. The van der Waals surface area contributed by atoms with Gasteiger partial charge in [-0.3, -0.25) is 9.59 Å². The summed E-state index contributed by atoms with van der Waals surface area (Å²) in [5.41, 5.74) is 12.1. The predicted octanol–water partition coefficient (Wildman–Crippen LogP) is 1.02. The Morgan fingerprint density at radius 1 is 1.19 bits per heavy atom. The minimum Gasteiger partial charge on any atom is -0.508 e. The van der Waals surface area contributed by atoms with Gasteiger partial charge in [0.25, 0.3) is 5.91 Å². The van der Waals surface area contributed by atoms with Crippen LogP contribution in [0.2, 0.25) is 0 Å². The molecule has 0 aromatic heterocycles. The topological polar surface area (TPSA) is 116 Å². The van der Waals surface area contributed by atoms with Crippen LogP contribution >= 0.6 is 0 Å². The van der Waals surface area contributed by atoms with Crippen molar-refractivity contribution < 1.29 is 19.4 Å². The van der Waals surface area contributed by atoms with E-state index in [-0.39, 0.29) is 23.0 Å². The first-order chi connectivity index (χ1) is 9.82. The van der Waals surface area contributed by atoms with Crippen LogP contribution in [0.3, 0.4) is 0 Å². The third-order valence-electron chi connectivity index (χ3n) is 3.36. The van der Waals surface area contributed by atoms with E-state index in [1.165, 1.54) is 19.1 Å². The lowest BCUT2D eigenvalue weighted by Gasteiger charge is -2.28. The summed E-state index contributed by atoms with van der Waals surface area (Å²) in [5, 5.41) is 9.38. The molecule has 6 heteroatoms. The van der Waals surface area contributed by atoms with E-state index in [1.807, 2.05) is 0 Å². The maximum absolute atomic E-state index is 11.9. The first kappa shape index (κ1) is 14.6. The normalized spacial score (nSPS) is 18.5. The molecule has 1 atom stereocenters. The lowest BCUT2D eigenvalue weighted by molar-refractivity contribution is -0.115. The van der Waals surface area contributed by atoms with Crippen LogP contribution in [0.1, 0.15) is 25.3 Å². The fourth-order valence-electron chi connectivity index (χ4n) is 2.48. The molecule has 5 N–H and O–H groups in total. The highest BCUT2D eigenvalue weighted by Gasteiger charge is 2.36. The highest BCUT2D eigenvalue weighted by Crippen LogP contribution is 2.39. The first-order valence-corrected chi connectivity index (χ1v) is 6.30. The zero-order valence-corrected chi connectivity index (χ0v) is 11.7. The number of benzene rings is 1. The Morgan fingerprint density at radius 3 is 2.24 bits per heavy atom. The predicted molar refractivity (Wildman–Crippen MR) is 75.7 cm³/mol. The Balaban J connectivity index is 2.67. The van der Waals surface area contributed by atoms with Crippen LogP contribution in [0.4, 0.5) is 0 Å². The number of phenolic OH excluding ortho intramolecular Hbond substituents is 1. The summed E-state index contributed by atoms with van der Waals surface area (Å²) >= 11 is 0. The first-order valence-electron chi connectivity index (χ1n) is 6.30. The van der Waals surface area contributed by atoms with Gasteiger partial charge < -0.3 is 21.3 Å². The molecule has 0 bridgehead atoms. The lowest BCUT2D eigenvalue weighted by atomic mass is 9.81. The zero-order valence-electron chi connectivity index (χ0n) is 11.7. The number of allylic oxidation sites excluding steroid dienone is 2. The Labute approximate surface area is 121 Å². The number of carbonyl (C=O) groups excluding carboxylic acids is 2. The van der Waals surface area contributed by atoms with Crippen molar-refractivity contribution in [1.82, 2.24) is 0 Å². The number of hydrogen-bond acceptors (Lipinski definition) is 5. The largest absolute Gasteiger partial charge is 0.508 e. The van der Waals surface area contributed by atoms with Gasteiger partial charge in [0.2, 0.25) is 0 Å². The van der Waals surface area contributed by atoms with Gasteiger partial charge in [-0.25, -0.2) is 0 Å². The number of primary amides is 1. The van der Waals surface area contributed by atoms with Gasteiger partial charge >= 0.3 is 0 Å². The van der Waals surface area contributed by atoms with Crippen LogP contribution in [-0.4, -0.2) is 16.8 Å². The van der Waals surface area contributed by atoms with Gasteiger partial charge in [-0.05, 0) is 31.5 Å². The van der Waals surface area contributed by atoms with E-state index in [9.17, 15) is 14.7 Å². The summed E-state index contributed by atoms with van der Waals surface area (Å²) in [5.74, 6) is -1.39. The highest BCUT2D eigenvalue weighted by molar-refractivity contribution is 6.02. The molecule has 2 rings (SSSR count). The Hall–Kier alpha value is -2.76. The molecule has 1 aromatic rings. The van der Waals surface area contributed by atoms with E-state index in [0.29, 0.717) is 16.9 Å². The minimum absolute atomic E-state index is 0.0384. The molecule has 110 valence electrons. The van der Waals surface area contributed by atoms with Crippen LogP contribution in [0.15, 0.2) is 47.1 Å². The Kier molecular flexibility index (Phi) is 3.71. The quantitative estimate of drug-likeness (QED) is 0.768. The van der Waals surface area contributed by atoms with Crippen LogP contribution in [0, 0.1) is 0 Å². The molecular weight excluding hydrogens is 272 g/mol. The average Bonchev–Trinajstić information content (AvgIpc) is 2.37. The van der Waals surface area contributed by atoms with Gasteiger partial charge in [0.15, 0.2) is 11.7 Å². The van der Waals surface area contributed by atoms with E-state index in [0.717, 1.165) is 0 Å². The number of carbonyl (C=O) groups is 2. The summed E-state index contributed by atoms with van der Waals surface area (Å²) < 4.78 is 5.28. The van der Waals surface area contributed by atoms with Gasteiger partial charge in [-0.15, -0.1) is 0 Å². The second-order valence-corrected chi connectivity index (χ2v) is 4.79. The summed E-state index contributed by atoms with van der Waals surface area (Å²) in [6.07, 6.45) is 0. The maximum Gasteiger partial charge on any atom is 0.250 e. The maximum atomic E-state index is 11.9. The lowest BCUT2D eigenvalue weighted by Crippen LogP contribution is -2.31. The van der Waals surface area contributed by atoms with Crippen molar-refractivity contribution in [3.63, 3.8) is 0 Å². The Bertz CT molecular complexity index is 635. The standard InChI is InChI=1S/C15H16N2O4/c1-7(18)11-8(2)21-15(17)13(14(16)20)12(11)9-3-5-10(19)6-4-9/h3-6,12,19H,17H2,1-2H3,(H2,16,20). The van der Waals surface area contributed by atoms with Crippen molar-refractivity contribution in [2.75, 3.05) is 0 Å². The fraction of sp³-hybridized carbons (Fsp3) is 0.200. The Morgan fingerprint density at radius 2 is 1.76 bits per heavy atom. The van der Waals surface area contributed by atoms with Gasteiger partial charge in [0.1, 0.15) is 11.5 Å². The fourth-order valence-corrected chi connectivity index (χ4v) is 2.48. The molecule has 1 heterocycles. The number of nitrogens with two attached hydrogens (primary N) is 2. The van der Waals surface area contributed by atoms with Gasteiger partial charge in [-0.2, -0.15) is 0 Å². The average molecular weight is 288 g/mol. The van der Waals surface area contributed by atoms with E-state index >= 15 is 0 Å². The van der Waals surface area contributed by atoms with Crippen molar-refractivity contribution >= 4 is 11.7 Å². The summed E-state index contributed by atoms with van der Waals surface area (Å²) in [6.45, 7) is 2.99. The van der Waals surface area contributed by atoms with E-state index in [2.05, 4.69) is 0 Å². The molecule has 0 spiro atoms. The number of aromatic hydroxyl groups is 1. The number of rotatable bonds is 3. The van der Waals surface area contributed by atoms with Crippen LogP contribution in [0.5, 0.6) is 5.75 Å². The number of phenols is 1. The highest BCUT2D eigenvalue weighted by atomic mass is 16.5. The number of ketones is 1. The molecule has 21 heavy (non-hydrogen) atoms. The van der Waals surface area contributed by atoms with Gasteiger partial charge in [0.05, 0.1) is 11.5 Å². The van der Waals surface area contributed by atoms with E-state index in [1.54, 1.807) is 19.1 Å². The molecule has 6 nitrogen and oxygen atoms in total. The molecule has 0 saturated heterocycles. The summed E-state index contributed by atoms with van der Waals surface area (Å²) in [7, 11) is 0. The second kappa shape index (κ2) is 5.32. The monoisotopic (exact) mass is 288 g/mol. The van der Waals surface area contributed by atoms with E-state index in [4.69, 9.17) is 16.2 Å². The molecule has 1 aromatic carbocycles. The summed E-state index contributed by atoms with van der Waals surface area (Å²) in [6, 6.07) is 6.15. The van der Waals surface area contributed by atoms with Gasteiger partial charge in [0, 0.05) is 5.57 Å². The molecular formula is C15H16N2O4. The van der Waals surface area contributed by atoms with Crippen LogP contribution in [-0.2, 0) is 14.3 Å². The summed E-state index contributed by atoms with van der Waals surface area (Å²) in [4.78, 5) is 23.6. The third kappa shape index (κ3) is 2.60. The van der Waals surface area contributed by atoms with Crippen molar-refractivity contribution in [3.05, 3.63) is 52.6 Å². The third-order valence-corrected chi connectivity index (χ3v) is 3.36. The van der Waals surface area contributed by atoms with Crippen molar-refractivity contribution in [3.8, 4) is 5.75 Å². The molecule has 1 amide bonds. The van der Waals surface area contributed by atoms with Crippen molar-refractivity contribution in [2.45, 2.75) is 19.8 Å². The molecule has 1 unspecified atom stereocenters. The molecule has 1 aliphatic heterocycles. The number of Topliss-reactive ketones (excluding diaryl/α,β-unsaturated/α-hetero) is 1. The molecule has 0 fully saturated rings. The number of ether oxygens (including phenoxy) is 1.